The first-order valence-corrected chi connectivity index (χ1v) is 11.4. The van der Waals surface area contributed by atoms with Crippen molar-refractivity contribution >= 4 is 22.8 Å². The number of rotatable bonds is 8. The fourth-order valence-electron chi connectivity index (χ4n) is 1.87. The summed E-state index contributed by atoms with van der Waals surface area (Å²) in [5.74, 6) is 0. The molecule has 0 rings (SSSR count). The summed E-state index contributed by atoms with van der Waals surface area (Å²) in [6.45, 7) is 5.29. The summed E-state index contributed by atoms with van der Waals surface area (Å²) in [5, 5.41) is 0. The van der Waals surface area contributed by atoms with Gasteiger partial charge in [-0.15, -0.1) is 0 Å². The zero-order valence-corrected chi connectivity index (χ0v) is 15.7. The lowest BCUT2D eigenvalue weighted by Crippen LogP contribution is -2.28. The average Bonchev–Trinajstić information content (AvgIpc) is 2.22. The van der Waals surface area contributed by atoms with Gasteiger partial charge in [-0.25, -0.2) is 0 Å². The molecule has 0 aromatic rings. The van der Waals surface area contributed by atoms with Gasteiger partial charge in [0.25, 0.3) is 4.64 Å². The van der Waals surface area contributed by atoms with E-state index in [4.69, 9.17) is 0 Å². The van der Waals surface area contributed by atoms with Crippen LogP contribution < -0.4 is 0 Å². The summed E-state index contributed by atoms with van der Waals surface area (Å²) in [7, 11) is -17.5. The second-order valence-electron chi connectivity index (χ2n) is 5.48. The molecule has 0 spiro atoms. The standard InChI is InChI=1S/C11H23O9P3/c1-9(2)5-4-6-10(3)7-8-11(21(12,13)14,22(15,16)17)23(18,19)20/h5,7H,4,6,8H2,1-3H3,(H2,12,13,14)(H2,15,16,17)(H2,18,19,20). The number of hydrogen-bond acceptors (Lipinski definition) is 3. The molecule has 0 fully saturated rings. The molecule has 9 nitrogen and oxygen atoms in total. The van der Waals surface area contributed by atoms with Gasteiger partial charge in [-0.3, -0.25) is 13.7 Å². The second kappa shape index (κ2) is 7.87. The molecular formula is C11H23O9P3. The van der Waals surface area contributed by atoms with Crippen molar-refractivity contribution in [2.45, 2.75) is 44.7 Å². The Balaban J connectivity index is 5.78. The predicted molar refractivity (Wildman–Crippen MR) is 85.9 cm³/mol. The zero-order valence-electron chi connectivity index (χ0n) is 13.0. The molecule has 0 aliphatic heterocycles. The van der Waals surface area contributed by atoms with Crippen LogP contribution in [0.1, 0.15) is 40.0 Å². The Morgan fingerprint density at radius 2 is 1.22 bits per heavy atom. The smallest absolute Gasteiger partial charge is 0.323 e. The summed E-state index contributed by atoms with van der Waals surface area (Å²) < 4.78 is 30.8. The van der Waals surface area contributed by atoms with Crippen LogP contribution in [0.4, 0.5) is 0 Å². The Labute approximate surface area is 134 Å². The van der Waals surface area contributed by atoms with Crippen LogP contribution in [0.15, 0.2) is 23.3 Å². The normalized spacial score (nSPS) is 14.7. The maximum absolute atomic E-state index is 11.5. The van der Waals surface area contributed by atoms with Crippen molar-refractivity contribution in [3.05, 3.63) is 23.3 Å². The maximum Gasteiger partial charge on any atom is 0.356 e. The molecule has 0 aromatic carbocycles. The first kappa shape index (κ1) is 22.9. The lowest BCUT2D eigenvalue weighted by atomic mass is 10.1. The van der Waals surface area contributed by atoms with Gasteiger partial charge in [0.1, 0.15) is 0 Å². The monoisotopic (exact) mass is 392 g/mol. The summed E-state index contributed by atoms with van der Waals surface area (Å²) in [6, 6.07) is 0. The Kier molecular flexibility index (Phi) is 7.85. The van der Waals surface area contributed by atoms with Crippen molar-refractivity contribution < 1.29 is 43.1 Å². The van der Waals surface area contributed by atoms with E-state index in [1.54, 1.807) is 6.92 Å². The molecule has 12 heteroatoms. The molecule has 0 aromatic heterocycles. The van der Waals surface area contributed by atoms with Gasteiger partial charge < -0.3 is 29.4 Å². The molecule has 0 saturated heterocycles. The zero-order chi connectivity index (χ0) is 18.7. The Morgan fingerprint density at radius 1 is 0.826 bits per heavy atom. The highest BCUT2D eigenvalue weighted by Gasteiger charge is 2.70. The summed E-state index contributed by atoms with van der Waals surface area (Å²) in [5.41, 5.74) is 1.55. The largest absolute Gasteiger partial charge is 0.356 e. The van der Waals surface area contributed by atoms with Gasteiger partial charge in [-0.1, -0.05) is 23.3 Å². The molecule has 0 unspecified atom stereocenters. The minimum atomic E-state index is -5.83. The molecule has 0 aliphatic carbocycles. The molecule has 136 valence electrons. The van der Waals surface area contributed by atoms with Gasteiger partial charge in [-0.2, -0.15) is 0 Å². The summed E-state index contributed by atoms with van der Waals surface area (Å²) in [4.78, 5) is 55.5. The van der Waals surface area contributed by atoms with Gasteiger partial charge in [0, 0.05) is 6.42 Å². The van der Waals surface area contributed by atoms with Gasteiger partial charge in [0.05, 0.1) is 0 Å². The van der Waals surface area contributed by atoms with Crippen molar-refractivity contribution in [3.63, 3.8) is 0 Å². The summed E-state index contributed by atoms with van der Waals surface area (Å²) >= 11 is 0. The number of hydrogen-bond donors (Lipinski definition) is 6. The highest BCUT2D eigenvalue weighted by Crippen LogP contribution is 2.84. The first-order valence-electron chi connectivity index (χ1n) is 6.52. The van der Waals surface area contributed by atoms with E-state index in [1.807, 2.05) is 19.9 Å². The maximum atomic E-state index is 11.5. The quantitative estimate of drug-likeness (QED) is 0.267. The van der Waals surface area contributed by atoms with Crippen molar-refractivity contribution in [2.75, 3.05) is 0 Å². The molecule has 0 amide bonds. The van der Waals surface area contributed by atoms with Gasteiger partial charge in [0.2, 0.25) is 0 Å². The fraction of sp³-hybridized carbons (Fsp3) is 0.636. The highest BCUT2D eigenvalue weighted by molar-refractivity contribution is 7.88. The van der Waals surface area contributed by atoms with Crippen LogP contribution in [0.25, 0.3) is 0 Å². The Bertz CT molecular complexity index is 560. The summed E-state index contributed by atoms with van der Waals surface area (Å²) in [6.07, 6.45) is 2.81. The first-order chi connectivity index (χ1) is 10.1. The third-order valence-electron chi connectivity index (χ3n) is 3.22. The molecule has 0 atom stereocenters. The van der Waals surface area contributed by atoms with E-state index in [-0.39, 0.29) is 0 Å². The van der Waals surface area contributed by atoms with E-state index < -0.39 is 33.8 Å². The molecule has 0 aliphatic rings. The third kappa shape index (κ3) is 5.75. The van der Waals surface area contributed by atoms with E-state index >= 15 is 0 Å². The van der Waals surface area contributed by atoms with Gasteiger partial charge in [-0.05, 0) is 33.6 Å². The SMILES string of the molecule is CC(C)=CCCC(C)=CCC(P(=O)(O)O)(P(=O)(O)O)P(=O)(O)O. The highest BCUT2D eigenvalue weighted by atomic mass is 31.3. The van der Waals surface area contributed by atoms with Crippen molar-refractivity contribution in [1.82, 2.24) is 0 Å². The predicted octanol–water partition coefficient (Wildman–Crippen LogP) is 2.26. The van der Waals surface area contributed by atoms with Crippen LogP contribution >= 0.6 is 22.8 Å². The van der Waals surface area contributed by atoms with Crippen molar-refractivity contribution in [2.24, 2.45) is 0 Å². The van der Waals surface area contributed by atoms with E-state index in [9.17, 15) is 43.1 Å². The number of allylic oxidation sites excluding steroid dienone is 4. The minimum absolute atomic E-state index is 0.421. The van der Waals surface area contributed by atoms with Crippen molar-refractivity contribution in [1.29, 1.82) is 0 Å². The van der Waals surface area contributed by atoms with Crippen LogP contribution in [0.5, 0.6) is 0 Å². The molecule has 0 bridgehead atoms. The fourth-order valence-corrected chi connectivity index (χ4v) is 6.93. The minimum Gasteiger partial charge on any atom is -0.323 e. The van der Waals surface area contributed by atoms with Gasteiger partial charge >= 0.3 is 22.8 Å². The molecule has 0 saturated carbocycles. The van der Waals surface area contributed by atoms with Crippen LogP contribution in [0.2, 0.25) is 0 Å². The van der Waals surface area contributed by atoms with E-state index in [1.165, 1.54) is 0 Å². The average molecular weight is 392 g/mol. The molecular weight excluding hydrogens is 369 g/mol. The molecule has 0 radical (unpaired) electrons. The molecule has 6 N–H and O–H groups in total. The third-order valence-corrected chi connectivity index (χ3v) is 11.3. The Hall–Kier alpha value is -0.0700. The van der Waals surface area contributed by atoms with E-state index in [0.29, 0.717) is 18.4 Å². The van der Waals surface area contributed by atoms with Gasteiger partial charge in [0.15, 0.2) is 0 Å². The molecule has 0 heterocycles. The van der Waals surface area contributed by atoms with Crippen molar-refractivity contribution in [3.8, 4) is 0 Å². The van der Waals surface area contributed by atoms with Crippen LogP contribution in [-0.2, 0) is 13.7 Å². The van der Waals surface area contributed by atoms with E-state index in [0.717, 1.165) is 11.6 Å². The lowest BCUT2D eigenvalue weighted by molar-refractivity contribution is 0.300. The second-order valence-corrected chi connectivity index (χ2v) is 12.1. The van der Waals surface area contributed by atoms with E-state index in [2.05, 4.69) is 0 Å². The molecule has 23 heavy (non-hydrogen) atoms. The Morgan fingerprint density at radius 3 is 1.52 bits per heavy atom. The van der Waals surface area contributed by atoms with Crippen LogP contribution in [-0.4, -0.2) is 34.0 Å². The van der Waals surface area contributed by atoms with Crippen LogP contribution in [0.3, 0.4) is 0 Å². The lowest BCUT2D eigenvalue weighted by Gasteiger charge is -2.33. The topological polar surface area (TPSA) is 173 Å². The van der Waals surface area contributed by atoms with Crippen LogP contribution in [0, 0.1) is 0 Å².